The second-order valence-corrected chi connectivity index (χ2v) is 6.96. The van der Waals surface area contributed by atoms with Gasteiger partial charge in [-0.2, -0.15) is 0 Å². The van der Waals surface area contributed by atoms with Crippen molar-refractivity contribution in [2.45, 2.75) is 38.3 Å². The summed E-state index contributed by atoms with van der Waals surface area (Å²) in [6, 6.07) is 6.29. The lowest BCUT2D eigenvalue weighted by atomic mass is 9.97. The maximum atomic E-state index is 12.2. The lowest BCUT2D eigenvalue weighted by molar-refractivity contribution is -0.130. The topological polar surface area (TPSA) is 82.1 Å². The molecular weight excluding hydrogens is 334 g/mol. The predicted molar refractivity (Wildman–Crippen MR) is 98.3 cm³/mol. The summed E-state index contributed by atoms with van der Waals surface area (Å²) >= 11 is 0. The van der Waals surface area contributed by atoms with E-state index >= 15 is 0 Å². The third kappa shape index (κ3) is 4.27. The van der Waals surface area contributed by atoms with Crippen molar-refractivity contribution in [3.8, 4) is 0 Å². The molecule has 1 atom stereocenters. The number of rotatable bonds is 6. The van der Waals surface area contributed by atoms with Gasteiger partial charge in [0.25, 0.3) is 0 Å². The quantitative estimate of drug-likeness (QED) is 0.759. The minimum Gasteiger partial charge on any atom is -0.465 e. The summed E-state index contributed by atoms with van der Waals surface area (Å²) < 4.78 is 5.00. The van der Waals surface area contributed by atoms with Gasteiger partial charge < -0.3 is 25.0 Å². The molecular formula is C19H27N3O4. The number of methoxy groups -OCH3 is 1. The highest BCUT2D eigenvalue weighted by molar-refractivity contribution is 5.76. The van der Waals surface area contributed by atoms with Crippen LogP contribution in [-0.4, -0.2) is 66.3 Å². The Balaban J connectivity index is 1.60. The minimum atomic E-state index is -0.876. The van der Waals surface area contributed by atoms with Gasteiger partial charge in [-0.25, -0.2) is 4.79 Å². The van der Waals surface area contributed by atoms with Gasteiger partial charge in [0.2, 0.25) is 5.91 Å². The molecule has 1 fully saturated rings. The zero-order chi connectivity index (χ0) is 18.5. The van der Waals surface area contributed by atoms with Gasteiger partial charge in [-0.05, 0) is 36.5 Å². The molecule has 0 aliphatic carbocycles. The number of carbonyl (C=O) groups is 2. The van der Waals surface area contributed by atoms with E-state index in [2.05, 4.69) is 11.4 Å². The molecule has 1 aromatic rings. The van der Waals surface area contributed by atoms with E-state index in [1.165, 1.54) is 10.5 Å². The second kappa shape index (κ2) is 8.40. The zero-order valence-corrected chi connectivity index (χ0v) is 15.2. The number of amides is 2. The van der Waals surface area contributed by atoms with Crippen molar-refractivity contribution in [3.63, 3.8) is 0 Å². The Morgan fingerprint density at radius 1 is 1.31 bits per heavy atom. The van der Waals surface area contributed by atoms with Crippen molar-refractivity contribution < 1.29 is 19.4 Å². The molecule has 0 radical (unpaired) electrons. The standard InChI is InChI=1S/C19H27N3O4/c1-26-11-3-6-18(23)21-10-8-15(12-21)20-17-5-2-4-14-7-9-22(19(24)25)13-16(14)17/h2,4-5,15,20H,3,6-13H2,1H3,(H,24,25)/t15-/m0/s1. The first kappa shape index (κ1) is 18.5. The third-order valence-electron chi connectivity index (χ3n) is 5.18. The number of benzene rings is 1. The first-order valence-corrected chi connectivity index (χ1v) is 9.20. The number of hydrogen-bond acceptors (Lipinski definition) is 4. The van der Waals surface area contributed by atoms with Crippen LogP contribution in [0.25, 0.3) is 0 Å². The SMILES string of the molecule is COCCCC(=O)N1CC[C@H](Nc2cccc3c2CN(C(=O)O)CC3)C1. The molecule has 0 spiro atoms. The number of hydrogen-bond donors (Lipinski definition) is 2. The van der Waals surface area contributed by atoms with Gasteiger partial charge in [-0.3, -0.25) is 4.79 Å². The van der Waals surface area contributed by atoms with E-state index in [1.54, 1.807) is 7.11 Å². The lowest BCUT2D eigenvalue weighted by Gasteiger charge is -2.29. The molecule has 2 amide bonds. The molecule has 0 bridgehead atoms. The van der Waals surface area contributed by atoms with Crippen molar-refractivity contribution in [2.24, 2.45) is 0 Å². The fourth-order valence-electron chi connectivity index (χ4n) is 3.73. The van der Waals surface area contributed by atoms with Crippen LogP contribution in [0, 0.1) is 0 Å². The highest BCUT2D eigenvalue weighted by Gasteiger charge is 2.28. The number of carboxylic acid groups (broad SMARTS) is 1. The van der Waals surface area contributed by atoms with Gasteiger partial charge in [0.15, 0.2) is 0 Å². The Kier molecular flexibility index (Phi) is 5.98. The molecule has 2 N–H and O–H groups in total. The van der Waals surface area contributed by atoms with E-state index in [0.29, 0.717) is 32.7 Å². The number of nitrogens with zero attached hydrogens (tertiary/aromatic N) is 2. The van der Waals surface area contributed by atoms with Gasteiger partial charge >= 0.3 is 6.09 Å². The Morgan fingerprint density at radius 2 is 2.15 bits per heavy atom. The summed E-state index contributed by atoms with van der Waals surface area (Å²) in [5.41, 5.74) is 3.26. The number of nitrogens with one attached hydrogen (secondary N) is 1. The summed E-state index contributed by atoms with van der Waals surface area (Å²) in [6.07, 6.45) is 2.05. The van der Waals surface area contributed by atoms with Gasteiger partial charge in [0.1, 0.15) is 0 Å². The van der Waals surface area contributed by atoms with Crippen LogP contribution in [0.15, 0.2) is 18.2 Å². The maximum Gasteiger partial charge on any atom is 0.407 e. The van der Waals surface area contributed by atoms with E-state index in [-0.39, 0.29) is 11.9 Å². The first-order chi connectivity index (χ1) is 12.6. The zero-order valence-electron chi connectivity index (χ0n) is 15.2. The summed E-state index contributed by atoms with van der Waals surface area (Å²) in [5.74, 6) is 0.179. The molecule has 0 unspecified atom stereocenters. The van der Waals surface area contributed by atoms with Gasteiger partial charge in [-0.1, -0.05) is 12.1 Å². The molecule has 7 heteroatoms. The molecule has 1 aromatic carbocycles. The number of likely N-dealkylation sites (tertiary alicyclic amines) is 1. The summed E-state index contributed by atoms with van der Waals surface area (Å²) in [6.45, 7) is 3.02. The van der Waals surface area contributed by atoms with Gasteiger partial charge in [-0.15, -0.1) is 0 Å². The molecule has 0 saturated carbocycles. The van der Waals surface area contributed by atoms with Crippen LogP contribution in [0.3, 0.4) is 0 Å². The molecule has 1 saturated heterocycles. The first-order valence-electron chi connectivity index (χ1n) is 9.20. The van der Waals surface area contributed by atoms with E-state index in [1.807, 2.05) is 17.0 Å². The van der Waals surface area contributed by atoms with Crippen molar-refractivity contribution >= 4 is 17.7 Å². The van der Waals surface area contributed by atoms with Crippen molar-refractivity contribution in [1.82, 2.24) is 9.80 Å². The fourth-order valence-corrected chi connectivity index (χ4v) is 3.73. The average molecular weight is 361 g/mol. The van der Waals surface area contributed by atoms with Crippen LogP contribution in [0.2, 0.25) is 0 Å². The lowest BCUT2D eigenvalue weighted by Crippen LogP contribution is -2.36. The smallest absolute Gasteiger partial charge is 0.407 e. The Labute approximate surface area is 153 Å². The molecule has 2 aliphatic heterocycles. The molecule has 2 heterocycles. The molecule has 0 aromatic heterocycles. The fraction of sp³-hybridized carbons (Fsp3) is 0.579. The molecule has 2 aliphatic rings. The molecule has 7 nitrogen and oxygen atoms in total. The molecule has 3 rings (SSSR count). The van der Waals surface area contributed by atoms with Crippen LogP contribution in [0.1, 0.15) is 30.4 Å². The third-order valence-corrected chi connectivity index (χ3v) is 5.18. The Hall–Kier alpha value is -2.28. The van der Waals surface area contributed by atoms with E-state index in [4.69, 9.17) is 4.74 Å². The predicted octanol–water partition coefficient (Wildman–Crippen LogP) is 2.16. The summed E-state index contributed by atoms with van der Waals surface area (Å²) in [7, 11) is 1.65. The second-order valence-electron chi connectivity index (χ2n) is 6.96. The van der Waals surface area contributed by atoms with Crippen LogP contribution < -0.4 is 5.32 Å². The van der Waals surface area contributed by atoms with Gasteiger partial charge in [0.05, 0.1) is 6.54 Å². The van der Waals surface area contributed by atoms with E-state index < -0.39 is 6.09 Å². The number of carbonyl (C=O) groups excluding carboxylic acids is 1. The van der Waals surface area contributed by atoms with Crippen molar-refractivity contribution in [2.75, 3.05) is 38.7 Å². The van der Waals surface area contributed by atoms with E-state index in [9.17, 15) is 14.7 Å². The van der Waals surface area contributed by atoms with Crippen LogP contribution in [-0.2, 0) is 22.5 Å². The summed E-state index contributed by atoms with van der Waals surface area (Å²) in [5, 5.41) is 12.8. The minimum absolute atomic E-state index is 0.179. The van der Waals surface area contributed by atoms with Gasteiger partial charge in [0, 0.05) is 51.5 Å². The largest absolute Gasteiger partial charge is 0.465 e. The number of ether oxygens (including phenoxy) is 1. The normalized spacial score (nSPS) is 19.3. The monoisotopic (exact) mass is 361 g/mol. The molecule has 26 heavy (non-hydrogen) atoms. The van der Waals surface area contributed by atoms with Crippen LogP contribution >= 0.6 is 0 Å². The van der Waals surface area contributed by atoms with Crippen LogP contribution in [0.5, 0.6) is 0 Å². The maximum absolute atomic E-state index is 12.2. The van der Waals surface area contributed by atoms with Crippen molar-refractivity contribution in [3.05, 3.63) is 29.3 Å². The Bertz CT molecular complexity index is 664. The van der Waals surface area contributed by atoms with Crippen LogP contribution in [0.4, 0.5) is 10.5 Å². The van der Waals surface area contributed by atoms with Crippen molar-refractivity contribution in [1.29, 1.82) is 0 Å². The highest BCUT2D eigenvalue weighted by Crippen LogP contribution is 2.28. The average Bonchev–Trinajstić information content (AvgIpc) is 3.10. The number of anilines is 1. The Morgan fingerprint density at radius 3 is 2.92 bits per heavy atom. The van der Waals surface area contributed by atoms with E-state index in [0.717, 1.165) is 37.1 Å². The highest BCUT2D eigenvalue weighted by atomic mass is 16.5. The molecule has 142 valence electrons. The number of fused-ring (bicyclic) bond motifs is 1. The summed E-state index contributed by atoms with van der Waals surface area (Å²) in [4.78, 5) is 26.9.